The van der Waals surface area contributed by atoms with Gasteiger partial charge in [0, 0.05) is 4.47 Å². The fourth-order valence-electron chi connectivity index (χ4n) is 2.46. The Morgan fingerprint density at radius 3 is 2.40 bits per heavy atom. The van der Waals surface area contributed by atoms with Gasteiger partial charge in [0.05, 0.1) is 18.5 Å². The predicted molar refractivity (Wildman–Crippen MR) is 97.2 cm³/mol. The summed E-state index contributed by atoms with van der Waals surface area (Å²) >= 11 is 3.34. The van der Waals surface area contributed by atoms with Gasteiger partial charge in [-0.15, -0.1) is 0 Å². The van der Waals surface area contributed by atoms with Crippen LogP contribution in [0.4, 0.5) is 9.18 Å². The van der Waals surface area contributed by atoms with Crippen LogP contribution in [-0.4, -0.2) is 11.9 Å². The van der Waals surface area contributed by atoms with Crippen molar-refractivity contribution in [2.75, 3.05) is 0 Å². The molecule has 4 N–H and O–H groups in total. The van der Waals surface area contributed by atoms with Gasteiger partial charge in [-0.2, -0.15) is 0 Å². The topological polar surface area (TPSA) is 84.2 Å². The lowest BCUT2D eigenvalue weighted by molar-refractivity contribution is -0.122. The number of amides is 3. The van der Waals surface area contributed by atoms with Gasteiger partial charge in [0.1, 0.15) is 5.82 Å². The first-order chi connectivity index (χ1) is 11.8. The fourth-order valence-corrected chi connectivity index (χ4v) is 2.73. The number of primary amides is 1. The lowest BCUT2D eigenvalue weighted by Crippen LogP contribution is -2.37. The van der Waals surface area contributed by atoms with E-state index in [0.29, 0.717) is 5.56 Å². The Hall–Kier alpha value is -2.41. The maximum Gasteiger partial charge on any atom is 0.312 e. The first-order valence-corrected chi connectivity index (χ1v) is 8.50. The van der Waals surface area contributed by atoms with Gasteiger partial charge in [-0.25, -0.2) is 9.18 Å². The molecular formula is C18H19BrFN3O2. The SMILES string of the molecule is C[C@@H](NC(=O)C[C@@H](NC(N)=O)c1ccc(Br)cc1)c1cccc(F)c1. The fraction of sp³-hybridized carbons (Fsp3) is 0.222. The summed E-state index contributed by atoms with van der Waals surface area (Å²) in [6, 6.07) is 11.7. The monoisotopic (exact) mass is 407 g/mol. The minimum absolute atomic E-state index is 0.0181. The first kappa shape index (κ1) is 18.9. The van der Waals surface area contributed by atoms with Crippen LogP contribution in [-0.2, 0) is 4.79 Å². The Balaban J connectivity index is 2.06. The average molecular weight is 408 g/mol. The number of nitrogens with one attached hydrogen (secondary N) is 2. The Kier molecular flexibility index (Phi) is 6.52. The van der Waals surface area contributed by atoms with E-state index in [-0.39, 0.29) is 24.2 Å². The molecule has 0 unspecified atom stereocenters. The van der Waals surface area contributed by atoms with Crippen LogP contribution in [0.15, 0.2) is 53.0 Å². The van der Waals surface area contributed by atoms with Gasteiger partial charge in [-0.05, 0) is 42.3 Å². The number of benzene rings is 2. The molecule has 0 saturated carbocycles. The molecule has 7 heteroatoms. The van der Waals surface area contributed by atoms with Crippen LogP contribution in [0.25, 0.3) is 0 Å². The van der Waals surface area contributed by atoms with E-state index in [0.717, 1.165) is 10.0 Å². The molecule has 0 fully saturated rings. The standard InChI is InChI=1S/C18H19BrFN3O2/c1-11(13-3-2-4-15(20)9-13)22-17(24)10-16(23-18(21)25)12-5-7-14(19)8-6-12/h2-9,11,16H,10H2,1H3,(H,22,24)(H3,21,23,25)/t11-,16-/m1/s1. The van der Waals surface area contributed by atoms with Crippen molar-refractivity contribution in [3.8, 4) is 0 Å². The lowest BCUT2D eigenvalue weighted by atomic mass is 10.0. The quantitative estimate of drug-likeness (QED) is 0.683. The van der Waals surface area contributed by atoms with Gasteiger partial charge in [0.25, 0.3) is 0 Å². The van der Waals surface area contributed by atoms with Gasteiger partial charge in [0.2, 0.25) is 5.91 Å². The van der Waals surface area contributed by atoms with Crippen molar-refractivity contribution >= 4 is 27.9 Å². The highest BCUT2D eigenvalue weighted by Crippen LogP contribution is 2.21. The molecule has 3 amide bonds. The van der Waals surface area contributed by atoms with Gasteiger partial charge in [0.15, 0.2) is 0 Å². The first-order valence-electron chi connectivity index (χ1n) is 7.71. The van der Waals surface area contributed by atoms with Crippen molar-refractivity contribution < 1.29 is 14.0 Å². The number of hydrogen-bond donors (Lipinski definition) is 3. The summed E-state index contributed by atoms with van der Waals surface area (Å²) in [7, 11) is 0. The molecule has 0 aliphatic carbocycles. The van der Waals surface area contributed by atoms with Crippen LogP contribution >= 0.6 is 15.9 Å². The molecule has 2 aromatic carbocycles. The van der Waals surface area contributed by atoms with E-state index in [2.05, 4.69) is 26.6 Å². The van der Waals surface area contributed by atoms with Crippen molar-refractivity contribution in [1.29, 1.82) is 0 Å². The molecule has 0 bridgehead atoms. The number of urea groups is 1. The second-order valence-electron chi connectivity index (χ2n) is 5.66. The molecule has 2 rings (SSSR count). The minimum atomic E-state index is -0.709. The van der Waals surface area contributed by atoms with Crippen LogP contribution in [0, 0.1) is 5.82 Å². The molecule has 0 aliphatic heterocycles. The number of halogens is 2. The summed E-state index contributed by atoms with van der Waals surface area (Å²) in [5.74, 6) is -0.639. The number of carbonyl (C=O) groups is 2. The smallest absolute Gasteiger partial charge is 0.312 e. The van der Waals surface area contributed by atoms with Crippen molar-refractivity contribution in [1.82, 2.24) is 10.6 Å². The highest BCUT2D eigenvalue weighted by molar-refractivity contribution is 9.10. The molecule has 132 valence electrons. The summed E-state index contributed by atoms with van der Waals surface area (Å²) in [6.07, 6.45) is 0.0181. The predicted octanol–water partition coefficient (Wildman–Crippen LogP) is 3.57. The van der Waals surface area contributed by atoms with Crippen molar-refractivity contribution in [2.24, 2.45) is 5.73 Å². The van der Waals surface area contributed by atoms with Gasteiger partial charge >= 0.3 is 6.03 Å². The zero-order valence-corrected chi connectivity index (χ0v) is 15.2. The zero-order chi connectivity index (χ0) is 18.4. The Bertz CT molecular complexity index is 752. The number of nitrogens with two attached hydrogens (primary N) is 1. The van der Waals surface area contributed by atoms with E-state index in [1.807, 2.05) is 12.1 Å². The molecule has 0 aromatic heterocycles. The third-order valence-corrected chi connectivity index (χ3v) is 4.23. The number of hydrogen-bond acceptors (Lipinski definition) is 2. The van der Waals surface area contributed by atoms with Crippen LogP contribution in [0.5, 0.6) is 0 Å². The molecule has 25 heavy (non-hydrogen) atoms. The average Bonchev–Trinajstić information content (AvgIpc) is 2.54. The second kappa shape index (κ2) is 8.62. The molecule has 0 spiro atoms. The highest BCUT2D eigenvalue weighted by atomic mass is 79.9. The Morgan fingerprint density at radius 2 is 1.80 bits per heavy atom. The summed E-state index contributed by atoms with van der Waals surface area (Å²) in [6.45, 7) is 1.77. The Morgan fingerprint density at radius 1 is 1.12 bits per heavy atom. The number of carbonyl (C=O) groups excluding carboxylic acids is 2. The lowest BCUT2D eigenvalue weighted by Gasteiger charge is -2.20. The van der Waals surface area contributed by atoms with E-state index >= 15 is 0 Å². The summed E-state index contributed by atoms with van der Waals surface area (Å²) in [5, 5.41) is 5.37. The van der Waals surface area contributed by atoms with E-state index in [4.69, 9.17) is 5.73 Å². The second-order valence-corrected chi connectivity index (χ2v) is 6.58. The van der Waals surface area contributed by atoms with Crippen LogP contribution in [0.1, 0.15) is 36.6 Å². The third-order valence-electron chi connectivity index (χ3n) is 3.70. The van der Waals surface area contributed by atoms with Crippen molar-refractivity contribution in [2.45, 2.75) is 25.4 Å². The Labute approximate surface area is 153 Å². The van der Waals surface area contributed by atoms with E-state index in [1.165, 1.54) is 12.1 Å². The maximum atomic E-state index is 13.3. The van der Waals surface area contributed by atoms with E-state index in [1.54, 1.807) is 31.2 Å². The summed E-state index contributed by atoms with van der Waals surface area (Å²) in [5.41, 5.74) is 6.64. The molecule has 0 aliphatic rings. The van der Waals surface area contributed by atoms with E-state index < -0.39 is 12.1 Å². The van der Waals surface area contributed by atoms with Crippen LogP contribution < -0.4 is 16.4 Å². The van der Waals surface area contributed by atoms with Crippen LogP contribution in [0.3, 0.4) is 0 Å². The third kappa shape index (κ3) is 5.86. The molecule has 2 atom stereocenters. The molecule has 5 nitrogen and oxygen atoms in total. The number of rotatable bonds is 6. The highest BCUT2D eigenvalue weighted by Gasteiger charge is 2.19. The van der Waals surface area contributed by atoms with Crippen molar-refractivity contribution in [3.05, 3.63) is 69.9 Å². The molecule has 2 aromatic rings. The normalized spacial score (nSPS) is 12.9. The maximum absolute atomic E-state index is 13.3. The summed E-state index contributed by atoms with van der Waals surface area (Å²) < 4.78 is 14.2. The van der Waals surface area contributed by atoms with Crippen LogP contribution in [0.2, 0.25) is 0 Å². The molecule has 0 saturated heterocycles. The van der Waals surface area contributed by atoms with E-state index in [9.17, 15) is 14.0 Å². The van der Waals surface area contributed by atoms with Gasteiger partial charge in [-0.3, -0.25) is 4.79 Å². The largest absolute Gasteiger partial charge is 0.352 e. The molecule has 0 heterocycles. The zero-order valence-electron chi connectivity index (χ0n) is 13.6. The minimum Gasteiger partial charge on any atom is -0.352 e. The van der Waals surface area contributed by atoms with Gasteiger partial charge < -0.3 is 16.4 Å². The van der Waals surface area contributed by atoms with Gasteiger partial charge in [-0.1, -0.05) is 40.2 Å². The summed E-state index contributed by atoms with van der Waals surface area (Å²) in [4.78, 5) is 23.6. The molecular weight excluding hydrogens is 389 g/mol. The molecule has 0 radical (unpaired) electrons. The van der Waals surface area contributed by atoms with Crippen molar-refractivity contribution in [3.63, 3.8) is 0 Å².